The van der Waals surface area contributed by atoms with Crippen molar-refractivity contribution in [1.82, 2.24) is 0 Å². The Balaban J connectivity index is 0.000000689. The molecule has 1 aliphatic heterocycles. The molecule has 0 radical (unpaired) electrons. The highest BCUT2D eigenvalue weighted by molar-refractivity contribution is 5.29. The molecule has 6 fully saturated rings. The first-order valence-electron chi connectivity index (χ1n) is 14.4. The SMILES string of the molecule is CC(C)(O)CC1CCC2C(CC3C4CCC5C(C)(C)[C@@H](O)CC[C@@]56C[C@@]46CC[C@]23C)O1.CO.CO. The maximum Gasteiger partial charge on any atom is 0.0616 e. The molecular formula is C30H54O5. The molecule has 6 aliphatic rings. The fourth-order valence-corrected chi connectivity index (χ4v) is 11.0. The third-order valence-electron chi connectivity index (χ3n) is 12.4. The molecule has 5 nitrogen and oxygen atoms in total. The summed E-state index contributed by atoms with van der Waals surface area (Å²) in [5, 5.41) is 35.1. The predicted molar refractivity (Wildman–Crippen MR) is 139 cm³/mol. The van der Waals surface area contributed by atoms with Crippen molar-refractivity contribution in [2.75, 3.05) is 14.2 Å². The minimum atomic E-state index is -0.631. The van der Waals surface area contributed by atoms with Crippen LogP contribution in [0.15, 0.2) is 0 Å². The summed E-state index contributed by atoms with van der Waals surface area (Å²) in [4.78, 5) is 0. The zero-order valence-electron chi connectivity index (χ0n) is 23.5. The van der Waals surface area contributed by atoms with Crippen molar-refractivity contribution in [3.8, 4) is 0 Å². The Morgan fingerprint density at radius 2 is 1.46 bits per heavy atom. The van der Waals surface area contributed by atoms with Crippen molar-refractivity contribution in [3.63, 3.8) is 0 Å². The van der Waals surface area contributed by atoms with Crippen molar-refractivity contribution in [1.29, 1.82) is 0 Å². The molecule has 0 bridgehead atoms. The van der Waals surface area contributed by atoms with Gasteiger partial charge in [-0.2, -0.15) is 0 Å². The summed E-state index contributed by atoms with van der Waals surface area (Å²) < 4.78 is 6.73. The first-order chi connectivity index (χ1) is 16.4. The van der Waals surface area contributed by atoms with E-state index in [1.165, 1.54) is 51.4 Å². The molecule has 35 heavy (non-hydrogen) atoms. The highest BCUT2D eigenvalue weighted by Crippen LogP contribution is 2.87. The van der Waals surface area contributed by atoms with Crippen LogP contribution in [0.2, 0.25) is 0 Å². The quantitative estimate of drug-likeness (QED) is 0.437. The lowest BCUT2D eigenvalue weighted by molar-refractivity contribution is -0.137. The largest absolute Gasteiger partial charge is 0.400 e. The number of ether oxygens (including phenoxy) is 1. The summed E-state index contributed by atoms with van der Waals surface area (Å²) in [5.74, 6) is 3.16. The van der Waals surface area contributed by atoms with Crippen LogP contribution in [0.5, 0.6) is 0 Å². The van der Waals surface area contributed by atoms with Crippen LogP contribution < -0.4 is 0 Å². The van der Waals surface area contributed by atoms with Gasteiger partial charge in [0.2, 0.25) is 0 Å². The Morgan fingerprint density at radius 1 is 0.800 bits per heavy atom. The number of aliphatic hydroxyl groups is 4. The van der Waals surface area contributed by atoms with Gasteiger partial charge in [-0.25, -0.2) is 0 Å². The van der Waals surface area contributed by atoms with E-state index in [-0.39, 0.29) is 17.6 Å². The summed E-state index contributed by atoms with van der Waals surface area (Å²) in [6.45, 7) is 11.2. The van der Waals surface area contributed by atoms with Gasteiger partial charge in [-0.15, -0.1) is 0 Å². The molecule has 0 aromatic rings. The van der Waals surface area contributed by atoms with Crippen molar-refractivity contribution in [2.24, 2.45) is 45.3 Å². The molecule has 0 aromatic heterocycles. The number of rotatable bonds is 2. The molecule has 4 N–H and O–H groups in total. The molecule has 204 valence electrons. The zero-order chi connectivity index (χ0) is 26.0. The van der Waals surface area contributed by atoms with Gasteiger partial charge in [0.25, 0.3) is 0 Å². The molecule has 1 heterocycles. The molecule has 5 heteroatoms. The van der Waals surface area contributed by atoms with Gasteiger partial charge in [-0.1, -0.05) is 20.8 Å². The summed E-state index contributed by atoms with van der Waals surface area (Å²) >= 11 is 0. The third kappa shape index (κ3) is 3.97. The fraction of sp³-hybridized carbons (Fsp3) is 1.00. The van der Waals surface area contributed by atoms with Crippen molar-refractivity contribution in [2.45, 2.75) is 129 Å². The van der Waals surface area contributed by atoms with Crippen LogP contribution in [0.4, 0.5) is 0 Å². The Hall–Kier alpha value is -0.200. The van der Waals surface area contributed by atoms with Gasteiger partial charge in [0.05, 0.1) is 23.9 Å². The van der Waals surface area contributed by atoms with E-state index in [1.807, 2.05) is 13.8 Å². The van der Waals surface area contributed by atoms with Gasteiger partial charge in [-0.3, -0.25) is 0 Å². The average Bonchev–Trinajstić information content (AvgIpc) is 3.39. The lowest BCUT2D eigenvalue weighted by atomic mass is 9.46. The third-order valence-corrected chi connectivity index (χ3v) is 12.4. The molecule has 6 unspecified atom stereocenters. The van der Waals surface area contributed by atoms with E-state index in [2.05, 4.69) is 20.8 Å². The van der Waals surface area contributed by atoms with Crippen LogP contribution in [-0.2, 0) is 4.74 Å². The highest BCUT2D eigenvalue weighted by atomic mass is 16.5. The topological polar surface area (TPSA) is 90.2 Å². The average molecular weight is 495 g/mol. The minimum absolute atomic E-state index is 0.0879. The number of aliphatic hydroxyl groups excluding tert-OH is 3. The van der Waals surface area contributed by atoms with Crippen molar-refractivity contribution < 1.29 is 25.2 Å². The van der Waals surface area contributed by atoms with Gasteiger partial charge < -0.3 is 25.2 Å². The second kappa shape index (κ2) is 9.22. The second-order valence-corrected chi connectivity index (χ2v) is 14.4. The Bertz CT molecular complexity index is 760. The monoisotopic (exact) mass is 494 g/mol. The van der Waals surface area contributed by atoms with Crippen LogP contribution in [0, 0.1) is 45.3 Å². The molecule has 10 atom stereocenters. The zero-order valence-corrected chi connectivity index (χ0v) is 23.5. The highest BCUT2D eigenvalue weighted by Gasteiger charge is 2.80. The number of fused-ring (bicyclic) bond motifs is 4. The Morgan fingerprint density at radius 3 is 2.11 bits per heavy atom. The maximum atomic E-state index is 10.8. The lowest BCUT2D eigenvalue weighted by Gasteiger charge is -2.59. The van der Waals surface area contributed by atoms with E-state index in [1.54, 1.807) is 0 Å². The predicted octanol–water partition coefficient (Wildman–Crippen LogP) is 4.93. The van der Waals surface area contributed by atoms with Crippen molar-refractivity contribution >= 4 is 0 Å². The fourth-order valence-electron chi connectivity index (χ4n) is 11.0. The van der Waals surface area contributed by atoms with Crippen LogP contribution >= 0.6 is 0 Å². The summed E-state index contributed by atoms with van der Waals surface area (Å²) in [7, 11) is 2.00. The molecule has 5 aliphatic carbocycles. The number of hydrogen-bond acceptors (Lipinski definition) is 5. The summed E-state index contributed by atoms with van der Waals surface area (Å²) in [5.41, 5.74) is 1.04. The standard InChI is InChI=1S/C28H46O3.2CH4O/c1-24(2,30)15-17-6-7-19-21(31-17)14-20-18-8-9-22-25(3,4)23(29)10-11-28(22)16-27(18,28)13-12-26(19,20)5;2*1-2/h17-23,29-30H,6-16H2,1-5H3;2*2H,1H3/t17?,18?,19?,20?,21?,22?,23-,26+,27-,28+;;/m0../s1. The summed E-state index contributed by atoms with van der Waals surface area (Å²) in [6, 6.07) is 0. The van der Waals surface area contributed by atoms with Crippen molar-refractivity contribution in [3.05, 3.63) is 0 Å². The molecule has 1 saturated heterocycles. The molecule has 0 amide bonds. The molecule has 2 spiro atoms. The Kier molecular flexibility index (Phi) is 7.33. The molecule has 6 rings (SSSR count). The minimum Gasteiger partial charge on any atom is -0.400 e. The molecule has 5 saturated carbocycles. The second-order valence-electron chi connectivity index (χ2n) is 14.4. The van der Waals surface area contributed by atoms with E-state index < -0.39 is 5.60 Å². The normalized spacial score (nSPS) is 51.0. The van der Waals surface area contributed by atoms with Gasteiger partial charge in [0.15, 0.2) is 0 Å². The Labute approximate surface area is 214 Å². The smallest absolute Gasteiger partial charge is 0.0616 e. The molecule has 0 aromatic carbocycles. The number of hydrogen-bond donors (Lipinski definition) is 4. The van der Waals surface area contributed by atoms with Gasteiger partial charge in [-0.05, 0) is 123 Å². The van der Waals surface area contributed by atoms with E-state index in [0.29, 0.717) is 22.3 Å². The van der Waals surface area contributed by atoms with E-state index >= 15 is 0 Å². The van der Waals surface area contributed by atoms with Gasteiger partial charge in [0.1, 0.15) is 0 Å². The van der Waals surface area contributed by atoms with Crippen LogP contribution in [0.1, 0.15) is 105 Å². The van der Waals surface area contributed by atoms with Gasteiger partial charge in [0, 0.05) is 20.6 Å². The van der Waals surface area contributed by atoms with Crippen LogP contribution in [-0.4, -0.2) is 58.6 Å². The first-order valence-corrected chi connectivity index (χ1v) is 14.4. The molecular weight excluding hydrogens is 440 g/mol. The summed E-state index contributed by atoms with van der Waals surface area (Å²) in [6.07, 6.45) is 14.3. The van der Waals surface area contributed by atoms with Crippen LogP contribution in [0.3, 0.4) is 0 Å². The van der Waals surface area contributed by atoms with E-state index in [0.717, 1.165) is 57.2 Å². The maximum absolute atomic E-state index is 10.8. The first kappa shape index (κ1) is 27.8. The lowest BCUT2D eigenvalue weighted by Crippen LogP contribution is -2.54. The van der Waals surface area contributed by atoms with Crippen LogP contribution in [0.25, 0.3) is 0 Å². The van der Waals surface area contributed by atoms with Gasteiger partial charge >= 0.3 is 0 Å². The van der Waals surface area contributed by atoms with E-state index in [9.17, 15) is 10.2 Å². The van der Waals surface area contributed by atoms with E-state index in [4.69, 9.17) is 14.9 Å².